The van der Waals surface area contributed by atoms with Gasteiger partial charge >= 0.3 is 0 Å². The zero-order chi connectivity index (χ0) is 24.9. The predicted octanol–water partition coefficient (Wildman–Crippen LogP) is 5.43. The van der Waals surface area contributed by atoms with E-state index in [1.165, 1.54) is 12.1 Å². The van der Waals surface area contributed by atoms with Crippen molar-refractivity contribution in [1.29, 1.82) is 0 Å². The summed E-state index contributed by atoms with van der Waals surface area (Å²) in [5.41, 5.74) is 2.98. The second-order valence-electron chi connectivity index (χ2n) is 8.06. The van der Waals surface area contributed by atoms with E-state index >= 15 is 0 Å². The Balaban J connectivity index is 1.91. The smallest absolute Gasteiger partial charge is 0.264 e. The van der Waals surface area contributed by atoms with Crippen molar-refractivity contribution in [2.45, 2.75) is 38.1 Å². The second-order valence-corrected chi connectivity index (χ2v) is 10.3. The Morgan fingerprint density at radius 1 is 1.03 bits per heavy atom. The first-order chi connectivity index (χ1) is 16.1. The third-order valence-corrected chi connectivity index (χ3v) is 7.80. The van der Waals surface area contributed by atoms with Gasteiger partial charge < -0.3 is 10.1 Å². The Morgan fingerprint density at radius 2 is 1.68 bits per heavy atom. The summed E-state index contributed by atoms with van der Waals surface area (Å²) >= 11 is 6.29. The second kappa shape index (κ2) is 10.9. The number of amides is 1. The average molecular weight is 501 g/mol. The number of nitrogens with one attached hydrogen (secondary N) is 1. The van der Waals surface area contributed by atoms with Gasteiger partial charge in [0, 0.05) is 5.02 Å². The lowest BCUT2D eigenvalue weighted by Gasteiger charge is -2.26. The third-order valence-electron chi connectivity index (χ3n) is 5.60. The van der Waals surface area contributed by atoms with Gasteiger partial charge in [-0.3, -0.25) is 9.10 Å². The maximum atomic E-state index is 13.6. The molecule has 180 valence electrons. The summed E-state index contributed by atoms with van der Waals surface area (Å²) < 4.78 is 33.4. The zero-order valence-corrected chi connectivity index (χ0v) is 21.3. The lowest BCUT2D eigenvalue weighted by molar-refractivity contribution is -0.120. The number of rotatable bonds is 9. The average Bonchev–Trinajstić information content (AvgIpc) is 2.83. The Bertz CT molecular complexity index is 1240. The molecule has 0 fully saturated rings. The largest absolute Gasteiger partial charge is 0.497 e. The normalized spacial score (nSPS) is 12.1. The molecule has 34 heavy (non-hydrogen) atoms. The van der Waals surface area contributed by atoms with Crippen LogP contribution in [0.5, 0.6) is 5.75 Å². The Morgan fingerprint density at radius 3 is 2.24 bits per heavy atom. The summed E-state index contributed by atoms with van der Waals surface area (Å²) in [5.74, 6) is 0.298. The molecule has 0 spiro atoms. The van der Waals surface area contributed by atoms with E-state index in [2.05, 4.69) is 5.32 Å². The maximum Gasteiger partial charge on any atom is 0.264 e. The molecular formula is C26H29ClN2O4S. The van der Waals surface area contributed by atoms with Gasteiger partial charge in [-0.05, 0) is 67.8 Å². The highest BCUT2D eigenvalue weighted by Crippen LogP contribution is 2.28. The lowest BCUT2D eigenvalue weighted by Crippen LogP contribution is -2.42. The molecule has 0 heterocycles. The zero-order valence-electron chi connectivity index (χ0n) is 19.7. The summed E-state index contributed by atoms with van der Waals surface area (Å²) in [6, 6.07) is 18.6. The molecule has 0 saturated carbocycles. The minimum Gasteiger partial charge on any atom is -0.497 e. The van der Waals surface area contributed by atoms with E-state index in [-0.39, 0.29) is 17.5 Å². The molecule has 3 rings (SSSR count). The molecule has 0 saturated heterocycles. The molecule has 3 aromatic rings. The van der Waals surface area contributed by atoms with E-state index in [9.17, 15) is 13.2 Å². The molecule has 0 aliphatic rings. The summed E-state index contributed by atoms with van der Waals surface area (Å²) in [4.78, 5) is 13.2. The Labute approximate surface area is 206 Å². The van der Waals surface area contributed by atoms with E-state index in [0.29, 0.717) is 17.1 Å². The van der Waals surface area contributed by atoms with Crippen LogP contribution in [0.25, 0.3) is 0 Å². The van der Waals surface area contributed by atoms with Gasteiger partial charge in [0.1, 0.15) is 12.3 Å². The van der Waals surface area contributed by atoms with E-state index in [1.54, 1.807) is 37.4 Å². The minimum atomic E-state index is -4.01. The highest BCUT2D eigenvalue weighted by atomic mass is 35.5. The first-order valence-corrected chi connectivity index (χ1v) is 12.8. The number of ether oxygens (including phenoxy) is 1. The van der Waals surface area contributed by atoms with Gasteiger partial charge in [0.25, 0.3) is 10.0 Å². The number of hydrogen-bond donors (Lipinski definition) is 1. The number of sulfonamides is 1. The number of aryl methyl sites for hydroxylation is 2. The highest BCUT2D eigenvalue weighted by Gasteiger charge is 2.28. The molecule has 0 unspecified atom stereocenters. The molecule has 0 aromatic heterocycles. The van der Waals surface area contributed by atoms with Crippen LogP contribution in [0.3, 0.4) is 0 Å². The Kier molecular flexibility index (Phi) is 8.23. The van der Waals surface area contributed by atoms with Gasteiger partial charge in [-0.1, -0.05) is 54.4 Å². The summed E-state index contributed by atoms with van der Waals surface area (Å²) in [5, 5.41) is 3.38. The SMILES string of the molecule is CC[C@H](NC(=O)CN(c1ccc(C)c(Cl)c1)S(=O)(=O)c1ccc(C)cc1)c1ccc(OC)cc1. The number of nitrogens with zero attached hydrogens (tertiary/aromatic N) is 1. The van der Waals surface area contributed by atoms with Gasteiger partial charge in [0.2, 0.25) is 5.91 Å². The highest BCUT2D eigenvalue weighted by molar-refractivity contribution is 7.92. The van der Waals surface area contributed by atoms with Crippen LogP contribution in [0.2, 0.25) is 5.02 Å². The van der Waals surface area contributed by atoms with Gasteiger partial charge in [-0.2, -0.15) is 0 Å². The summed E-state index contributed by atoms with van der Waals surface area (Å²) in [6.07, 6.45) is 0.638. The molecule has 0 bridgehead atoms. The quantitative estimate of drug-likeness (QED) is 0.425. The van der Waals surface area contributed by atoms with Crippen LogP contribution in [-0.2, 0) is 14.8 Å². The molecular weight excluding hydrogens is 472 g/mol. The summed E-state index contributed by atoms with van der Waals surface area (Å²) in [7, 11) is -2.42. The van der Waals surface area contributed by atoms with E-state index in [1.807, 2.05) is 45.0 Å². The molecule has 0 aliphatic heterocycles. The van der Waals surface area contributed by atoms with E-state index in [0.717, 1.165) is 26.7 Å². The van der Waals surface area contributed by atoms with Crippen molar-refractivity contribution in [3.8, 4) is 5.75 Å². The van der Waals surface area contributed by atoms with E-state index in [4.69, 9.17) is 16.3 Å². The molecule has 8 heteroatoms. The molecule has 1 amide bonds. The van der Waals surface area contributed by atoms with Crippen molar-refractivity contribution in [3.05, 3.63) is 88.4 Å². The van der Waals surface area contributed by atoms with Crippen molar-refractivity contribution in [3.63, 3.8) is 0 Å². The third kappa shape index (κ3) is 5.90. The number of methoxy groups -OCH3 is 1. The van der Waals surface area contributed by atoms with Gasteiger partial charge in [0.15, 0.2) is 0 Å². The van der Waals surface area contributed by atoms with E-state index < -0.39 is 15.9 Å². The predicted molar refractivity (Wildman–Crippen MR) is 136 cm³/mol. The molecule has 3 aromatic carbocycles. The number of anilines is 1. The number of halogens is 1. The monoisotopic (exact) mass is 500 g/mol. The Hall–Kier alpha value is -3.03. The fourth-order valence-corrected chi connectivity index (χ4v) is 5.10. The molecule has 1 atom stereocenters. The standard InChI is InChI=1S/C26H29ClN2O4S/c1-5-25(20-9-12-22(33-4)13-10-20)28-26(30)17-29(21-11-8-19(3)24(27)16-21)34(31,32)23-14-6-18(2)7-15-23/h6-16,25H,5,17H2,1-4H3,(H,28,30)/t25-/m0/s1. The van der Waals surface area contributed by atoms with Crippen molar-refractivity contribution in [2.24, 2.45) is 0 Å². The number of carbonyl (C=O) groups is 1. The van der Waals surface area contributed by atoms with Gasteiger partial charge in [-0.25, -0.2) is 8.42 Å². The summed E-state index contributed by atoms with van der Waals surface area (Å²) in [6.45, 7) is 5.28. The molecule has 1 N–H and O–H groups in total. The first-order valence-electron chi connectivity index (χ1n) is 10.9. The fourth-order valence-electron chi connectivity index (χ4n) is 3.52. The van der Waals surface area contributed by atoms with Crippen molar-refractivity contribution in [1.82, 2.24) is 5.32 Å². The fraction of sp³-hybridized carbons (Fsp3) is 0.269. The number of benzene rings is 3. The van der Waals surface area contributed by atoms with Crippen LogP contribution in [0.15, 0.2) is 71.6 Å². The van der Waals surface area contributed by atoms with Crippen LogP contribution < -0.4 is 14.4 Å². The maximum absolute atomic E-state index is 13.6. The first kappa shape index (κ1) is 25.6. The molecule has 0 radical (unpaired) electrons. The number of carbonyl (C=O) groups excluding carboxylic acids is 1. The molecule has 0 aliphatic carbocycles. The van der Waals surface area contributed by atoms with Gasteiger partial charge in [0.05, 0.1) is 23.7 Å². The van der Waals surface area contributed by atoms with Crippen molar-refractivity contribution >= 4 is 33.2 Å². The van der Waals surface area contributed by atoms with Crippen LogP contribution in [0.4, 0.5) is 5.69 Å². The van der Waals surface area contributed by atoms with Crippen LogP contribution in [0, 0.1) is 13.8 Å². The van der Waals surface area contributed by atoms with Crippen LogP contribution in [-0.4, -0.2) is 28.0 Å². The lowest BCUT2D eigenvalue weighted by atomic mass is 10.0. The van der Waals surface area contributed by atoms with Crippen molar-refractivity contribution in [2.75, 3.05) is 18.0 Å². The number of hydrogen-bond acceptors (Lipinski definition) is 4. The molecule has 6 nitrogen and oxygen atoms in total. The van der Waals surface area contributed by atoms with Crippen LogP contribution in [0.1, 0.15) is 36.1 Å². The topological polar surface area (TPSA) is 75.7 Å². The minimum absolute atomic E-state index is 0.102. The van der Waals surface area contributed by atoms with Crippen LogP contribution >= 0.6 is 11.6 Å². The van der Waals surface area contributed by atoms with Gasteiger partial charge in [-0.15, -0.1) is 0 Å². The van der Waals surface area contributed by atoms with Crippen molar-refractivity contribution < 1.29 is 17.9 Å².